The second-order valence-corrected chi connectivity index (χ2v) is 20.5. The van der Waals surface area contributed by atoms with Crippen molar-refractivity contribution in [1.82, 2.24) is 9.97 Å². The molecule has 0 bridgehead atoms. The fourth-order valence-corrected chi connectivity index (χ4v) is 13.8. The van der Waals surface area contributed by atoms with Gasteiger partial charge in [-0.05, 0) is 60.5 Å². The van der Waals surface area contributed by atoms with Crippen molar-refractivity contribution < 1.29 is 38.2 Å². The summed E-state index contributed by atoms with van der Waals surface area (Å²) in [4.78, 5) is 104. The van der Waals surface area contributed by atoms with Crippen molar-refractivity contribution in [2.45, 2.75) is 90.3 Å². The molecular formula is C50H46N4O8S2. The Morgan fingerprint density at radius 3 is 1.17 bits per heavy atom. The number of thiazole rings is 2. The van der Waals surface area contributed by atoms with Crippen LogP contribution < -0.4 is 0 Å². The number of rotatable bonds is 8. The Hall–Kier alpha value is -5.60. The lowest BCUT2D eigenvalue weighted by Crippen LogP contribution is -2.35. The molecule has 14 heteroatoms. The Labute approximate surface area is 377 Å². The van der Waals surface area contributed by atoms with E-state index in [1.165, 1.54) is 0 Å². The minimum absolute atomic E-state index is 0.0178. The van der Waals surface area contributed by atoms with E-state index in [4.69, 9.17) is 19.4 Å². The number of carbonyl (C=O) groups is 6. The van der Waals surface area contributed by atoms with E-state index in [1.807, 2.05) is 60.7 Å². The number of carbonyl (C=O) groups excluding carboxylic acids is 6. The molecule has 6 saturated carbocycles. The number of nitrogens with zero attached hydrogens (tertiary/aromatic N) is 4. The van der Waals surface area contributed by atoms with Gasteiger partial charge in [0.25, 0.3) is 0 Å². The van der Waals surface area contributed by atoms with Crippen LogP contribution in [0.15, 0.2) is 70.6 Å². The van der Waals surface area contributed by atoms with Gasteiger partial charge in [0.05, 0.1) is 9.40 Å². The first-order valence-corrected chi connectivity index (χ1v) is 24.4. The SMILES string of the molecule is O=C(OCc1ccccc1)c1c2nc(N=C3C(=O)C4CC5CCCCC5CC4C3=O)sc2c(C(=O)OCc2ccccc2)c2nc(N=C3C(=O)C4CC5CCCCC5CC4C3=O)sc12. The smallest absolute Gasteiger partial charge is 0.342 e. The van der Waals surface area contributed by atoms with Gasteiger partial charge in [-0.3, -0.25) is 19.2 Å². The minimum atomic E-state index is -0.765. The third-order valence-electron chi connectivity index (χ3n) is 15.0. The van der Waals surface area contributed by atoms with Crippen LogP contribution in [0.3, 0.4) is 0 Å². The highest BCUT2D eigenvalue weighted by molar-refractivity contribution is 7.24. The molecule has 2 heterocycles. The molecule has 0 amide bonds. The van der Waals surface area contributed by atoms with Crippen molar-refractivity contribution in [3.63, 3.8) is 0 Å². The molecule has 5 aromatic rings. The summed E-state index contributed by atoms with van der Waals surface area (Å²) in [5.74, 6) is -2.55. The number of hydrogen-bond acceptors (Lipinski definition) is 14. The van der Waals surface area contributed by atoms with Crippen LogP contribution in [0.4, 0.5) is 10.3 Å². The third-order valence-corrected chi connectivity index (χ3v) is 17.0. The molecule has 0 spiro atoms. The van der Waals surface area contributed by atoms with Crippen molar-refractivity contribution >= 4 is 99.9 Å². The summed E-state index contributed by atoms with van der Waals surface area (Å²) in [6, 6.07) is 18.4. The number of benzene rings is 3. The van der Waals surface area contributed by atoms with E-state index < -0.39 is 35.6 Å². The third kappa shape index (κ3) is 7.26. The van der Waals surface area contributed by atoms with Crippen molar-refractivity contribution in [2.24, 2.45) is 57.3 Å². The molecule has 0 N–H and O–H groups in total. The van der Waals surface area contributed by atoms with Gasteiger partial charge in [0.15, 0.2) is 34.6 Å². The van der Waals surface area contributed by atoms with Crippen LogP contribution in [0.1, 0.15) is 109 Å². The molecule has 0 saturated heterocycles. The molecule has 64 heavy (non-hydrogen) atoms. The number of hydrogen-bond donors (Lipinski definition) is 0. The first-order chi connectivity index (χ1) is 31.2. The average Bonchev–Trinajstić information content (AvgIpc) is 4.05. The van der Waals surface area contributed by atoms with Gasteiger partial charge in [-0.25, -0.2) is 29.5 Å². The molecule has 0 radical (unpaired) electrons. The number of fused-ring (bicyclic) bond motifs is 6. The molecule has 6 aliphatic carbocycles. The first-order valence-electron chi connectivity index (χ1n) is 22.7. The summed E-state index contributed by atoms with van der Waals surface area (Å²) in [6.45, 7) is -0.142. The Morgan fingerprint density at radius 1 is 0.516 bits per heavy atom. The molecule has 8 unspecified atom stereocenters. The number of aliphatic imine (C=N–C) groups is 2. The maximum atomic E-state index is 14.5. The minimum Gasteiger partial charge on any atom is -0.457 e. The molecule has 2 aromatic heterocycles. The highest BCUT2D eigenvalue weighted by Crippen LogP contribution is 2.51. The average molecular weight is 895 g/mol. The van der Waals surface area contributed by atoms with Crippen molar-refractivity contribution in [3.05, 3.63) is 82.9 Å². The molecule has 3 aromatic carbocycles. The fraction of sp³-hybridized carbons (Fsp3) is 0.440. The van der Waals surface area contributed by atoms with E-state index in [-0.39, 0.29) is 89.6 Å². The van der Waals surface area contributed by atoms with E-state index in [2.05, 4.69) is 9.98 Å². The second kappa shape index (κ2) is 16.8. The van der Waals surface area contributed by atoms with Gasteiger partial charge < -0.3 is 9.47 Å². The molecule has 6 aliphatic rings. The van der Waals surface area contributed by atoms with E-state index in [9.17, 15) is 28.8 Å². The van der Waals surface area contributed by atoms with Gasteiger partial charge in [0.1, 0.15) is 35.4 Å². The highest BCUT2D eigenvalue weighted by Gasteiger charge is 2.54. The molecule has 8 atom stereocenters. The summed E-state index contributed by atoms with van der Waals surface area (Å²) in [5, 5.41) is 0.0563. The number of aromatic nitrogens is 2. The summed E-state index contributed by atoms with van der Waals surface area (Å²) in [5.41, 5.74) is 1.29. The quantitative estimate of drug-likeness (QED) is 0.137. The van der Waals surface area contributed by atoms with Crippen LogP contribution >= 0.6 is 22.7 Å². The van der Waals surface area contributed by atoms with E-state index in [0.717, 1.165) is 85.2 Å². The fourth-order valence-electron chi connectivity index (χ4n) is 11.9. The van der Waals surface area contributed by atoms with Gasteiger partial charge in [-0.15, -0.1) is 0 Å². The summed E-state index contributed by atoms with van der Waals surface area (Å²) in [7, 11) is 0. The molecule has 11 rings (SSSR count). The normalized spacial score (nSPS) is 27.6. The van der Waals surface area contributed by atoms with Crippen LogP contribution in [0.2, 0.25) is 0 Å². The van der Waals surface area contributed by atoms with E-state index in [0.29, 0.717) is 49.4 Å². The zero-order chi connectivity index (χ0) is 43.6. The van der Waals surface area contributed by atoms with Gasteiger partial charge in [0, 0.05) is 23.7 Å². The van der Waals surface area contributed by atoms with E-state index in [1.54, 1.807) is 0 Å². The predicted octanol–water partition coefficient (Wildman–Crippen LogP) is 9.73. The lowest BCUT2D eigenvalue weighted by atomic mass is 9.64. The molecule has 0 aliphatic heterocycles. The van der Waals surface area contributed by atoms with Gasteiger partial charge in [0.2, 0.25) is 10.3 Å². The van der Waals surface area contributed by atoms with Crippen molar-refractivity contribution in [1.29, 1.82) is 0 Å². The molecular weight excluding hydrogens is 849 g/mol. The number of esters is 2. The number of Topliss-reactive ketones (excluding diaryl/α,β-unsaturated/α-hetero) is 4. The Morgan fingerprint density at radius 2 is 0.844 bits per heavy atom. The largest absolute Gasteiger partial charge is 0.457 e. The Kier molecular flexibility index (Phi) is 10.8. The van der Waals surface area contributed by atoms with Crippen molar-refractivity contribution in [3.8, 4) is 0 Å². The topological polar surface area (TPSA) is 171 Å². The van der Waals surface area contributed by atoms with Gasteiger partial charge in [-0.2, -0.15) is 0 Å². The number of ketones is 4. The van der Waals surface area contributed by atoms with Crippen LogP contribution in [-0.4, -0.2) is 56.5 Å². The maximum absolute atomic E-state index is 14.5. The van der Waals surface area contributed by atoms with Crippen LogP contribution in [-0.2, 0) is 41.9 Å². The first kappa shape index (κ1) is 41.1. The highest BCUT2D eigenvalue weighted by atomic mass is 32.1. The number of ether oxygens (including phenoxy) is 2. The van der Waals surface area contributed by atoms with Crippen molar-refractivity contribution in [2.75, 3.05) is 0 Å². The predicted molar refractivity (Wildman–Crippen MR) is 241 cm³/mol. The molecule has 6 fully saturated rings. The molecule has 326 valence electrons. The maximum Gasteiger partial charge on any atom is 0.342 e. The lowest BCUT2D eigenvalue weighted by molar-refractivity contribution is -0.123. The lowest BCUT2D eigenvalue weighted by Gasteiger charge is -2.39. The van der Waals surface area contributed by atoms with Crippen LogP contribution in [0, 0.1) is 47.3 Å². The monoisotopic (exact) mass is 894 g/mol. The van der Waals surface area contributed by atoms with E-state index >= 15 is 0 Å². The molecule has 12 nitrogen and oxygen atoms in total. The zero-order valence-corrected chi connectivity index (χ0v) is 36.8. The van der Waals surface area contributed by atoms with Gasteiger partial charge >= 0.3 is 11.9 Å². The Bertz CT molecular complexity index is 2520. The zero-order valence-electron chi connectivity index (χ0n) is 35.2. The standard InChI is InChI=1S/C50H46N4O8S2/c55-41-31-19-27-15-7-8-16-28(27)20-32(31)42(56)39(41)53-49-51-37-35(47(59)61-23-25-11-3-1-4-12-25)45-38(36(46(37)64-49)48(60)62-24-26-13-5-2-6-14-26)52-50(63-45)54-40-43(57)33-21-29-17-9-10-18-30(29)22-34(33)44(40)58/h1-6,11-14,27-34H,7-10,15-24H2. The Balaban J connectivity index is 1.03. The van der Waals surface area contributed by atoms with Crippen LogP contribution in [0.5, 0.6) is 0 Å². The summed E-state index contributed by atoms with van der Waals surface area (Å²) in [6.07, 6.45) is 11.6. The second-order valence-electron chi connectivity index (χ2n) is 18.6. The summed E-state index contributed by atoms with van der Waals surface area (Å²) >= 11 is 1.91. The van der Waals surface area contributed by atoms with Crippen LogP contribution in [0.25, 0.3) is 20.4 Å². The summed E-state index contributed by atoms with van der Waals surface area (Å²) < 4.78 is 12.2. The van der Waals surface area contributed by atoms with Gasteiger partial charge in [-0.1, -0.05) is 135 Å².